The summed E-state index contributed by atoms with van der Waals surface area (Å²) >= 11 is 0. The Morgan fingerprint density at radius 2 is 1.90 bits per heavy atom. The Morgan fingerprint density at radius 1 is 1.14 bits per heavy atom. The molecule has 21 heavy (non-hydrogen) atoms. The zero-order chi connectivity index (χ0) is 15.2. The first-order chi connectivity index (χ1) is 10.2. The number of nitrogens with zero attached hydrogens (tertiary/aromatic N) is 4. The molecule has 0 aliphatic heterocycles. The van der Waals surface area contributed by atoms with Gasteiger partial charge in [-0.1, -0.05) is 26.7 Å². The SMILES string of the molecule is CCCCOCCCn1c(N)nc2c(CCC)nn(C)c21. The highest BCUT2D eigenvalue weighted by atomic mass is 16.5. The molecule has 2 aromatic heterocycles. The van der Waals surface area contributed by atoms with Crippen LogP contribution in [0.25, 0.3) is 11.2 Å². The molecule has 0 spiro atoms. The van der Waals surface area contributed by atoms with Crippen LogP contribution >= 0.6 is 0 Å². The number of aryl methyl sites for hydroxylation is 3. The number of hydrogen-bond acceptors (Lipinski definition) is 4. The molecule has 118 valence electrons. The fraction of sp³-hybridized carbons (Fsp3) is 0.733. The molecule has 0 unspecified atom stereocenters. The van der Waals surface area contributed by atoms with Gasteiger partial charge in [-0.05, 0) is 19.3 Å². The number of aromatic nitrogens is 4. The molecule has 0 radical (unpaired) electrons. The number of rotatable bonds is 9. The van der Waals surface area contributed by atoms with Crippen molar-refractivity contribution in [3.05, 3.63) is 5.69 Å². The van der Waals surface area contributed by atoms with Gasteiger partial charge in [0.05, 0.1) is 5.69 Å². The molecule has 0 bridgehead atoms. The molecule has 2 N–H and O–H groups in total. The van der Waals surface area contributed by atoms with E-state index in [9.17, 15) is 0 Å². The van der Waals surface area contributed by atoms with Crippen LogP contribution in [0.15, 0.2) is 0 Å². The zero-order valence-electron chi connectivity index (χ0n) is 13.4. The first-order valence-electron chi connectivity index (χ1n) is 7.94. The van der Waals surface area contributed by atoms with Gasteiger partial charge in [-0.25, -0.2) is 4.98 Å². The van der Waals surface area contributed by atoms with Gasteiger partial charge in [-0.2, -0.15) is 5.10 Å². The fourth-order valence-corrected chi connectivity index (χ4v) is 2.56. The Kier molecular flexibility index (Phi) is 5.61. The third kappa shape index (κ3) is 3.56. The molecule has 0 saturated carbocycles. The molecule has 0 atom stereocenters. The van der Waals surface area contributed by atoms with Gasteiger partial charge in [-0.15, -0.1) is 0 Å². The summed E-state index contributed by atoms with van der Waals surface area (Å²) in [4.78, 5) is 4.50. The standard InChI is InChI=1S/C15H27N5O/c1-4-6-10-21-11-7-9-20-14-13(17-15(20)16)12(8-5-2)18-19(14)3/h4-11H2,1-3H3,(H2,16,17). The van der Waals surface area contributed by atoms with Crippen molar-refractivity contribution < 1.29 is 4.74 Å². The molecule has 0 aliphatic rings. The number of nitrogen functional groups attached to an aromatic ring is 1. The van der Waals surface area contributed by atoms with E-state index in [2.05, 4.69) is 23.9 Å². The van der Waals surface area contributed by atoms with Crippen molar-refractivity contribution in [1.82, 2.24) is 19.3 Å². The van der Waals surface area contributed by atoms with Gasteiger partial charge in [0.2, 0.25) is 5.95 Å². The third-order valence-electron chi connectivity index (χ3n) is 3.62. The van der Waals surface area contributed by atoms with Crippen molar-refractivity contribution in [1.29, 1.82) is 0 Å². The molecular weight excluding hydrogens is 266 g/mol. The highest BCUT2D eigenvalue weighted by molar-refractivity contribution is 5.77. The Labute approximate surface area is 126 Å². The van der Waals surface area contributed by atoms with Crippen LogP contribution in [0.1, 0.15) is 45.2 Å². The lowest BCUT2D eigenvalue weighted by atomic mass is 10.2. The normalized spacial score (nSPS) is 11.6. The molecule has 2 aromatic rings. The van der Waals surface area contributed by atoms with Crippen LogP contribution in [0.3, 0.4) is 0 Å². The van der Waals surface area contributed by atoms with Gasteiger partial charge in [0.15, 0.2) is 5.65 Å². The molecule has 2 rings (SSSR count). The van der Waals surface area contributed by atoms with E-state index in [1.165, 1.54) is 6.42 Å². The number of unbranched alkanes of at least 4 members (excludes halogenated alkanes) is 1. The summed E-state index contributed by atoms with van der Waals surface area (Å²) in [6.45, 7) is 6.74. The predicted octanol–water partition coefficient (Wildman–Crippen LogP) is 2.51. The molecule has 0 amide bonds. The largest absolute Gasteiger partial charge is 0.381 e. The molecular formula is C15H27N5O. The van der Waals surface area contributed by atoms with Crippen molar-refractivity contribution >= 4 is 17.1 Å². The monoisotopic (exact) mass is 293 g/mol. The molecule has 6 nitrogen and oxygen atoms in total. The van der Waals surface area contributed by atoms with Crippen molar-refractivity contribution in [3.63, 3.8) is 0 Å². The maximum absolute atomic E-state index is 6.06. The second-order valence-electron chi connectivity index (χ2n) is 5.43. The smallest absolute Gasteiger partial charge is 0.202 e. The quantitative estimate of drug-likeness (QED) is 0.721. The summed E-state index contributed by atoms with van der Waals surface area (Å²) in [5.74, 6) is 0.573. The van der Waals surface area contributed by atoms with Crippen LogP contribution in [-0.4, -0.2) is 32.5 Å². The molecule has 0 fully saturated rings. The van der Waals surface area contributed by atoms with Crippen molar-refractivity contribution in [2.24, 2.45) is 7.05 Å². The van der Waals surface area contributed by atoms with E-state index in [4.69, 9.17) is 10.5 Å². The van der Waals surface area contributed by atoms with Crippen LogP contribution in [0.4, 0.5) is 5.95 Å². The Hall–Kier alpha value is -1.56. The van der Waals surface area contributed by atoms with E-state index in [0.717, 1.165) is 62.3 Å². The van der Waals surface area contributed by atoms with Gasteiger partial charge < -0.3 is 10.5 Å². The Morgan fingerprint density at radius 3 is 2.62 bits per heavy atom. The lowest BCUT2D eigenvalue weighted by Crippen LogP contribution is -2.09. The highest BCUT2D eigenvalue weighted by Gasteiger charge is 2.16. The summed E-state index contributed by atoms with van der Waals surface area (Å²) < 4.78 is 9.54. The van der Waals surface area contributed by atoms with E-state index in [-0.39, 0.29) is 0 Å². The molecule has 6 heteroatoms. The first-order valence-corrected chi connectivity index (χ1v) is 7.94. The summed E-state index contributed by atoms with van der Waals surface area (Å²) in [6, 6.07) is 0. The highest BCUT2D eigenvalue weighted by Crippen LogP contribution is 2.22. The summed E-state index contributed by atoms with van der Waals surface area (Å²) in [7, 11) is 1.96. The molecule has 0 aromatic carbocycles. The number of anilines is 1. The number of nitrogens with two attached hydrogens (primary N) is 1. The molecule has 0 saturated heterocycles. The Balaban J connectivity index is 2.04. The van der Waals surface area contributed by atoms with Gasteiger partial charge in [0.25, 0.3) is 0 Å². The predicted molar refractivity (Wildman–Crippen MR) is 85.3 cm³/mol. The van der Waals surface area contributed by atoms with Crippen molar-refractivity contribution in [3.8, 4) is 0 Å². The van der Waals surface area contributed by atoms with Gasteiger partial charge in [-0.3, -0.25) is 9.25 Å². The van der Waals surface area contributed by atoms with Gasteiger partial charge in [0, 0.05) is 26.8 Å². The van der Waals surface area contributed by atoms with Gasteiger partial charge in [0.1, 0.15) is 5.52 Å². The second kappa shape index (κ2) is 7.45. The van der Waals surface area contributed by atoms with E-state index >= 15 is 0 Å². The minimum absolute atomic E-state index is 0.573. The van der Waals surface area contributed by atoms with Crippen LogP contribution in [-0.2, 0) is 24.8 Å². The first kappa shape index (κ1) is 15.8. The number of imidazole rings is 1. The number of fused-ring (bicyclic) bond motifs is 1. The van der Waals surface area contributed by atoms with Gasteiger partial charge >= 0.3 is 0 Å². The second-order valence-corrected chi connectivity index (χ2v) is 5.43. The minimum atomic E-state index is 0.573. The molecule has 2 heterocycles. The van der Waals surface area contributed by atoms with Crippen LogP contribution in [0.5, 0.6) is 0 Å². The molecule has 0 aliphatic carbocycles. The third-order valence-corrected chi connectivity index (χ3v) is 3.62. The lowest BCUT2D eigenvalue weighted by Gasteiger charge is -2.07. The summed E-state index contributed by atoms with van der Waals surface area (Å²) in [6.07, 6.45) is 5.23. The minimum Gasteiger partial charge on any atom is -0.381 e. The maximum Gasteiger partial charge on any atom is 0.202 e. The van der Waals surface area contributed by atoms with Crippen LogP contribution in [0, 0.1) is 0 Å². The Bertz CT molecular complexity index is 572. The number of hydrogen-bond donors (Lipinski definition) is 1. The topological polar surface area (TPSA) is 70.9 Å². The van der Waals surface area contributed by atoms with Crippen molar-refractivity contribution in [2.45, 2.75) is 52.5 Å². The summed E-state index contributed by atoms with van der Waals surface area (Å²) in [5.41, 5.74) is 9.07. The zero-order valence-corrected chi connectivity index (χ0v) is 13.4. The average Bonchev–Trinajstić information content (AvgIpc) is 2.93. The van der Waals surface area contributed by atoms with Crippen LogP contribution in [0.2, 0.25) is 0 Å². The van der Waals surface area contributed by atoms with Crippen LogP contribution < -0.4 is 5.73 Å². The lowest BCUT2D eigenvalue weighted by molar-refractivity contribution is 0.126. The van der Waals surface area contributed by atoms with E-state index in [1.54, 1.807) is 0 Å². The van der Waals surface area contributed by atoms with E-state index in [1.807, 2.05) is 16.3 Å². The fourth-order valence-electron chi connectivity index (χ4n) is 2.56. The summed E-state index contributed by atoms with van der Waals surface area (Å²) in [5, 5.41) is 4.56. The van der Waals surface area contributed by atoms with E-state index in [0.29, 0.717) is 5.95 Å². The van der Waals surface area contributed by atoms with Crippen molar-refractivity contribution in [2.75, 3.05) is 18.9 Å². The maximum atomic E-state index is 6.06. The number of ether oxygens (including phenoxy) is 1. The average molecular weight is 293 g/mol. The van der Waals surface area contributed by atoms with E-state index < -0.39 is 0 Å².